The summed E-state index contributed by atoms with van der Waals surface area (Å²) < 4.78 is 6.32. The summed E-state index contributed by atoms with van der Waals surface area (Å²) in [4.78, 5) is 0. The van der Waals surface area contributed by atoms with Crippen LogP contribution in [0.1, 0.15) is 97.5 Å². The van der Waals surface area contributed by atoms with Crippen LogP contribution in [0.25, 0.3) is 0 Å². The van der Waals surface area contributed by atoms with Crippen molar-refractivity contribution in [2.75, 3.05) is 0 Å². The summed E-state index contributed by atoms with van der Waals surface area (Å²) >= 11 is 0. The van der Waals surface area contributed by atoms with Crippen molar-refractivity contribution in [1.29, 1.82) is 0 Å². The Kier molecular flexibility index (Phi) is 10.9. The van der Waals surface area contributed by atoms with Gasteiger partial charge >= 0.3 is 0 Å². The first-order valence-corrected chi connectivity index (χ1v) is 13.9. The molecule has 0 atom stereocenters. The van der Waals surface area contributed by atoms with Gasteiger partial charge in [-0.3, -0.25) is 0 Å². The molecule has 0 aliphatic heterocycles. The van der Waals surface area contributed by atoms with Crippen LogP contribution in [0.15, 0.2) is 24.3 Å². The number of unbranched alkanes of at least 4 members (excludes halogenated alkanes) is 9. The topological polar surface area (TPSA) is 9.23 Å². The van der Waals surface area contributed by atoms with Crippen LogP contribution in [0.3, 0.4) is 0 Å². The Hall–Kier alpha value is -1.20. The Bertz CT molecular complexity index is 569. The third-order valence-electron chi connectivity index (χ3n) is 5.67. The van der Waals surface area contributed by atoms with Gasteiger partial charge in [-0.05, 0) is 48.8 Å². The minimum absolute atomic E-state index is 0.223. The van der Waals surface area contributed by atoms with E-state index in [4.69, 9.17) is 4.43 Å². The van der Waals surface area contributed by atoms with Crippen molar-refractivity contribution in [3.8, 4) is 17.6 Å². The molecule has 0 amide bonds. The fraction of sp³-hybridized carbons (Fsp3) is 0.680. The van der Waals surface area contributed by atoms with E-state index in [0.717, 1.165) is 17.7 Å². The van der Waals surface area contributed by atoms with Crippen LogP contribution in [0.2, 0.25) is 18.1 Å². The van der Waals surface area contributed by atoms with Crippen LogP contribution in [0.5, 0.6) is 5.75 Å². The number of benzene rings is 1. The van der Waals surface area contributed by atoms with Gasteiger partial charge in [0, 0.05) is 12.0 Å². The van der Waals surface area contributed by atoms with E-state index in [2.05, 4.69) is 76.9 Å². The van der Waals surface area contributed by atoms with Gasteiger partial charge in [-0.25, -0.2) is 0 Å². The van der Waals surface area contributed by atoms with E-state index in [1.165, 1.54) is 57.8 Å². The van der Waals surface area contributed by atoms with Gasteiger partial charge in [0.25, 0.3) is 0 Å². The lowest BCUT2D eigenvalue weighted by molar-refractivity contribution is 0.492. The molecule has 1 rings (SSSR count). The molecule has 0 fully saturated rings. The molecule has 2 heteroatoms. The summed E-state index contributed by atoms with van der Waals surface area (Å²) in [6.45, 7) is 13.7. The van der Waals surface area contributed by atoms with E-state index in [0.29, 0.717) is 0 Å². The normalized spacial score (nSPS) is 11.8. The number of rotatable bonds is 11. The number of hydrogen-bond acceptors (Lipinski definition) is 1. The summed E-state index contributed by atoms with van der Waals surface area (Å²) in [5, 5.41) is 0.223. The van der Waals surface area contributed by atoms with Gasteiger partial charge in [0.15, 0.2) is 0 Å². The second-order valence-electron chi connectivity index (χ2n) is 9.27. The second kappa shape index (κ2) is 12.3. The summed E-state index contributed by atoms with van der Waals surface area (Å²) in [6.07, 6.45) is 13.3. The largest absolute Gasteiger partial charge is 0.544 e. The summed E-state index contributed by atoms with van der Waals surface area (Å²) in [5.41, 5.74) is 1.09. The Morgan fingerprint density at radius 3 is 1.85 bits per heavy atom. The summed E-state index contributed by atoms with van der Waals surface area (Å²) in [6, 6.07) is 8.32. The second-order valence-corrected chi connectivity index (χ2v) is 14.0. The van der Waals surface area contributed by atoms with Gasteiger partial charge in [-0.1, -0.05) is 90.9 Å². The molecule has 0 spiro atoms. The van der Waals surface area contributed by atoms with Crippen molar-refractivity contribution in [2.24, 2.45) is 0 Å². The molecule has 0 radical (unpaired) electrons. The smallest absolute Gasteiger partial charge is 0.250 e. The van der Waals surface area contributed by atoms with E-state index in [1.54, 1.807) is 0 Å². The van der Waals surface area contributed by atoms with E-state index in [-0.39, 0.29) is 5.04 Å². The van der Waals surface area contributed by atoms with E-state index in [1.807, 2.05) is 0 Å². The quantitative estimate of drug-likeness (QED) is 0.211. The first-order valence-electron chi connectivity index (χ1n) is 11.0. The molecule has 1 nitrogen and oxygen atoms in total. The van der Waals surface area contributed by atoms with Gasteiger partial charge in [-0.2, -0.15) is 0 Å². The predicted molar refractivity (Wildman–Crippen MR) is 123 cm³/mol. The Labute approximate surface area is 170 Å². The van der Waals surface area contributed by atoms with Crippen LogP contribution in [0.4, 0.5) is 0 Å². The molecule has 0 saturated heterocycles. The molecule has 1 aromatic rings. The summed E-state index contributed by atoms with van der Waals surface area (Å²) in [7, 11) is -1.76. The molecule has 0 saturated carbocycles. The van der Waals surface area contributed by atoms with Crippen LogP contribution in [0, 0.1) is 11.8 Å². The molecule has 152 valence electrons. The van der Waals surface area contributed by atoms with Crippen LogP contribution in [-0.2, 0) is 0 Å². The third-order valence-corrected chi connectivity index (χ3v) is 10.0. The Balaban J connectivity index is 2.25. The Morgan fingerprint density at radius 2 is 1.33 bits per heavy atom. The first-order chi connectivity index (χ1) is 12.8. The molecule has 0 N–H and O–H groups in total. The van der Waals surface area contributed by atoms with Gasteiger partial charge in [0.05, 0.1) is 0 Å². The molecular formula is C25H42OSi. The lowest BCUT2D eigenvalue weighted by Gasteiger charge is -2.36. The van der Waals surface area contributed by atoms with Gasteiger partial charge in [0.2, 0.25) is 8.32 Å². The zero-order valence-corrected chi connectivity index (χ0v) is 19.8. The van der Waals surface area contributed by atoms with Crippen molar-refractivity contribution < 1.29 is 4.43 Å². The first kappa shape index (κ1) is 23.8. The maximum Gasteiger partial charge on any atom is 0.250 e. The molecule has 0 aliphatic rings. The van der Waals surface area contributed by atoms with Crippen molar-refractivity contribution in [3.05, 3.63) is 29.8 Å². The highest BCUT2D eigenvalue weighted by Crippen LogP contribution is 2.37. The van der Waals surface area contributed by atoms with Crippen LogP contribution < -0.4 is 4.43 Å². The van der Waals surface area contributed by atoms with E-state index in [9.17, 15) is 0 Å². The maximum absolute atomic E-state index is 6.32. The highest BCUT2D eigenvalue weighted by atomic mass is 28.4. The van der Waals surface area contributed by atoms with E-state index >= 15 is 0 Å². The maximum atomic E-state index is 6.32. The minimum Gasteiger partial charge on any atom is -0.544 e. The van der Waals surface area contributed by atoms with Gasteiger partial charge < -0.3 is 4.43 Å². The Morgan fingerprint density at radius 1 is 0.815 bits per heavy atom. The zero-order chi connectivity index (χ0) is 20.2. The predicted octanol–water partition coefficient (Wildman–Crippen LogP) is 8.34. The summed E-state index contributed by atoms with van der Waals surface area (Å²) in [5.74, 6) is 7.60. The molecule has 0 unspecified atom stereocenters. The molecule has 0 heterocycles. The molecule has 27 heavy (non-hydrogen) atoms. The highest BCUT2D eigenvalue weighted by Gasteiger charge is 2.38. The van der Waals surface area contributed by atoms with Gasteiger partial charge in [0.1, 0.15) is 5.75 Å². The standard InChI is InChI=1S/C25H42OSi/c1-7-8-9-10-11-12-13-14-15-16-17-18-23-19-21-24(22-20-23)26-27(5,6)25(2,3)4/h19-22H,7-16H2,1-6H3. The fourth-order valence-corrected chi connectivity index (χ4v) is 3.77. The molecule has 0 aromatic heterocycles. The number of hydrogen-bond donors (Lipinski definition) is 0. The zero-order valence-electron chi connectivity index (χ0n) is 18.8. The van der Waals surface area contributed by atoms with Crippen molar-refractivity contribution in [3.63, 3.8) is 0 Å². The van der Waals surface area contributed by atoms with Crippen molar-refractivity contribution >= 4 is 8.32 Å². The van der Waals surface area contributed by atoms with Crippen molar-refractivity contribution in [1.82, 2.24) is 0 Å². The molecule has 0 bridgehead atoms. The fourth-order valence-electron chi connectivity index (χ4n) is 2.74. The van der Waals surface area contributed by atoms with Crippen LogP contribution in [-0.4, -0.2) is 8.32 Å². The molecule has 1 aromatic carbocycles. The average Bonchev–Trinajstić information content (AvgIpc) is 2.60. The van der Waals surface area contributed by atoms with Crippen molar-refractivity contribution in [2.45, 2.75) is 110 Å². The van der Waals surface area contributed by atoms with Gasteiger partial charge in [-0.15, -0.1) is 0 Å². The molecule has 0 aliphatic carbocycles. The average molecular weight is 387 g/mol. The SMILES string of the molecule is CCCCCCCCCCCC#Cc1ccc(O[Si](C)(C)C(C)(C)C)cc1. The third kappa shape index (κ3) is 10.1. The lowest BCUT2D eigenvalue weighted by Crippen LogP contribution is -2.43. The monoisotopic (exact) mass is 386 g/mol. The van der Waals surface area contributed by atoms with Crippen LogP contribution >= 0.6 is 0 Å². The highest BCUT2D eigenvalue weighted by molar-refractivity contribution is 6.74. The van der Waals surface area contributed by atoms with E-state index < -0.39 is 8.32 Å². The molecular weight excluding hydrogens is 344 g/mol. The minimum atomic E-state index is -1.76. The lowest BCUT2D eigenvalue weighted by atomic mass is 10.1.